The van der Waals surface area contributed by atoms with Crippen LogP contribution in [0.4, 0.5) is 0 Å². The molecular weight excluding hydrogens is 138 g/mol. The van der Waals surface area contributed by atoms with E-state index in [-0.39, 0.29) is 0 Å². The van der Waals surface area contributed by atoms with Crippen molar-refractivity contribution in [2.75, 3.05) is 13.7 Å². The number of rotatable bonds is 2. The van der Waals surface area contributed by atoms with Gasteiger partial charge in [-0.1, -0.05) is 12.8 Å². The Labute approximate surface area is 69.0 Å². The predicted octanol–water partition coefficient (Wildman–Crippen LogP) is 1.15. The quantitative estimate of drug-likeness (QED) is 0.589. The lowest BCUT2D eigenvalue weighted by molar-refractivity contribution is 0.205. The van der Waals surface area contributed by atoms with Gasteiger partial charge in [-0.2, -0.15) is 0 Å². The van der Waals surface area contributed by atoms with Crippen molar-refractivity contribution in [2.24, 2.45) is 5.92 Å². The molecule has 2 nitrogen and oxygen atoms in total. The molecule has 1 saturated carbocycles. The summed E-state index contributed by atoms with van der Waals surface area (Å²) >= 11 is 0. The summed E-state index contributed by atoms with van der Waals surface area (Å²) in [6.45, 7) is 0.373. The highest BCUT2D eigenvalue weighted by molar-refractivity contribution is 4.74. The van der Waals surface area contributed by atoms with E-state index in [4.69, 9.17) is 5.11 Å². The Hall–Kier alpha value is -0.0800. The minimum Gasteiger partial charge on any atom is -0.396 e. The van der Waals surface area contributed by atoms with Crippen molar-refractivity contribution in [3.05, 3.63) is 0 Å². The fourth-order valence-electron chi connectivity index (χ4n) is 1.89. The third kappa shape index (κ3) is 2.80. The average Bonchev–Trinajstić information content (AvgIpc) is 2.28. The predicted molar refractivity (Wildman–Crippen MR) is 46.5 cm³/mol. The molecule has 1 aliphatic carbocycles. The fraction of sp³-hybridized carbons (Fsp3) is 1.00. The maximum Gasteiger partial charge on any atom is 0.0459 e. The highest BCUT2D eigenvalue weighted by Crippen LogP contribution is 2.22. The van der Waals surface area contributed by atoms with Crippen molar-refractivity contribution in [1.82, 2.24) is 5.32 Å². The van der Waals surface area contributed by atoms with Crippen LogP contribution in [-0.2, 0) is 0 Å². The third-order valence-electron chi connectivity index (χ3n) is 2.70. The van der Waals surface area contributed by atoms with Crippen LogP contribution in [0.3, 0.4) is 0 Å². The lowest BCUT2D eigenvalue weighted by atomic mass is 9.99. The van der Waals surface area contributed by atoms with Crippen molar-refractivity contribution < 1.29 is 5.11 Å². The lowest BCUT2D eigenvalue weighted by Gasteiger charge is -2.16. The second-order valence-corrected chi connectivity index (χ2v) is 3.55. The van der Waals surface area contributed by atoms with Gasteiger partial charge in [0.2, 0.25) is 0 Å². The number of aliphatic hydroxyl groups is 1. The summed E-state index contributed by atoms with van der Waals surface area (Å²) in [4.78, 5) is 0. The molecule has 0 heterocycles. The standard InChI is InChI=1S/C9H19NO/c1-10-9-5-3-2-4-8(6-9)7-11/h8-11H,2-7H2,1H3. The molecule has 2 atom stereocenters. The molecule has 2 unspecified atom stereocenters. The van der Waals surface area contributed by atoms with E-state index < -0.39 is 0 Å². The number of aliphatic hydroxyl groups excluding tert-OH is 1. The van der Waals surface area contributed by atoms with Gasteiger partial charge in [0.25, 0.3) is 0 Å². The Morgan fingerprint density at radius 1 is 1.36 bits per heavy atom. The van der Waals surface area contributed by atoms with E-state index >= 15 is 0 Å². The van der Waals surface area contributed by atoms with Crippen LogP contribution in [0.25, 0.3) is 0 Å². The molecule has 66 valence electrons. The average molecular weight is 157 g/mol. The minimum atomic E-state index is 0.373. The first kappa shape index (κ1) is 9.01. The third-order valence-corrected chi connectivity index (χ3v) is 2.70. The maximum absolute atomic E-state index is 9.00. The fourth-order valence-corrected chi connectivity index (χ4v) is 1.89. The first-order valence-corrected chi connectivity index (χ1v) is 4.65. The zero-order chi connectivity index (χ0) is 8.10. The first-order valence-electron chi connectivity index (χ1n) is 4.65. The SMILES string of the molecule is CNC1CCCCC(CO)C1. The molecule has 0 aromatic heterocycles. The van der Waals surface area contributed by atoms with Gasteiger partial charge in [0.1, 0.15) is 0 Å². The van der Waals surface area contributed by atoms with Crippen LogP contribution in [0.2, 0.25) is 0 Å². The van der Waals surface area contributed by atoms with Crippen LogP contribution in [0.5, 0.6) is 0 Å². The first-order chi connectivity index (χ1) is 5.36. The topological polar surface area (TPSA) is 32.3 Å². The van der Waals surface area contributed by atoms with Gasteiger partial charge in [-0.25, -0.2) is 0 Å². The Balaban J connectivity index is 2.33. The summed E-state index contributed by atoms with van der Waals surface area (Å²) in [5, 5.41) is 12.3. The van der Waals surface area contributed by atoms with Gasteiger partial charge in [0, 0.05) is 12.6 Å². The number of hydrogen-bond acceptors (Lipinski definition) is 2. The van der Waals surface area contributed by atoms with Crippen molar-refractivity contribution >= 4 is 0 Å². The van der Waals surface area contributed by atoms with Gasteiger partial charge >= 0.3 is 0 Å². The van der Waals surface area contributed by atoms with Gasteiger partial charge in [0.05, 0.1) is 0 Å². The summed E-state index contributed by atoms with van der Waals surface area (Å²) in [7, 11) is 2.02. The van der Waals surface area contributed by atoms with Gasteiger partial charge in [-0.3, -0.25) is 0 Å². The highest BCUT2D eigenvalue weighted by Gasteiger charge is 2.17. The molecule has 1 rings (SSSR count). The number of hydrogen-bond donors (Lipinski definition) is 2. The zero-order valence-electron chi connectivity index (χ0n) is 7.34. The van der Waals surface area contributed by atoms with Gasteiger partial charge < -0.3 is 10.4 Å². The summed E-state index contributed by atoms with van der Waals surface area (Å²) < 4.78 is 0. The molecule has 2 heteroatoms. The molecule has 0 saturated heterocycles. The molecule has 0 aliphatic heterocycles. The minimum absolute atomic E-state index is 0.373. The molecule has 2 N–H and O–H groups in total. The van der Waals surface area contributed by atoms with Gasteiger partial charge in [-0.05, 0) is 32.2 Å². The molecule has 1 fully saturated rings. The van der Waals surface area contributed by atoms with Crippen LogP contribution in [0.1, 0.15) is 32.1 Å². The summed E-state index contributed by atoms with van der Waals surface area (Å²) in [6, 6.07) is 0.648. The largest absolute Gasteiger partial charge is 0.396 e. The van der Waals surface area contributed by atoms with Crippen LogP contribution in [0.15, 0.2) is 0 Å². The molecule has 1 aliphatic rings. The van der Waals surface area contributed by atoms with Crippen LogP contribution >= 0.6 is 0 Å². The molecule has 0 amide bonds. The smallest absolute Gasteiger partial charge is 0.0459 e. The van der Waals surface area contributed by atoms with E-state index in [0.717, 1.165) is 6.42 Å². The van der Waals surface area contributed by atoms with Crippen molar-refractivity contribution in [1.29, 1.82) is 0 Å². The molecule has 0 spiro atoms. The maximum atomic E-state index is 9.00. The van der Waals surface area contributed by atoms with E-state index in [1.807, 2.05) is 7.05 Å². The Kier molecular flexibility index (Phi) is 3.87. The second kappa shape index (κ2) is 4.73. The van der Waals surface area contributed by atoms with Crippen molar-refractivity contribution in [3.8, 4) is 0 Å². The van der Waals surface area contributed by atoms with E-state index in [2.05, 4.69) is 5.32 Å². The van der Waals surface area contributed by atoms with Gasteiger partial charge in [0.15, 0.2) is 0 Å². The van der Waals surface area contributed by atoms with E-state index in [0.29, 0.717) is 18.6 Å². The molecule has 0 aromatic carbocycles. The highest BCUT2D eigenvalue weighted by atomic mass is 16.3. The lowest BCUT2D eigenvalue weighted by Crippen LogP contribution is -2.27. The Morgan fingerprint density at radius 3 is 2.73 bits per heavy atom. The summed E-state index contributed by atoms with van der Waals surface area (Å²) in [5.41, 5.74) is 0. The normalized spacial score (nSPS) is 33.3. The zero-order valence-corrected chi connectivity index (χ0v) is 7.34. The van der Waals surface area contributed by atoms with E-state index in [1.165, 1.54) is 25.7 Å². The Morgan fingerprint density at radius 2 is 2.09 bits per heavy atom. The molecule has 0 radical (unpaired) electrons. The summed E-state index contributed by atoms with van der Waals surface area (Å²) in [6.07, 6.45) is 6.28. The molecule has 0 bridgehead atoms. The van der Waals surface area contributed by atoms with E-state index in [9.17, 15) is 0 Å². The second-order valence-electron chi connectivity index (χ2n) is 3.55. The number of nitrogens with one attached hydrogen (secondary N) is 1. The van der Waals surface area contributed by atoms with Crippen molar-refractivity contribution in [3.63, 3.8) is 0 Å². The molecule has 11 heavy (non-hydrogen) atoms. The monoisotopic (exact) mass is 157 g/mol. The molecular formula is C9H19NO. The Bertz CT molecular complexity index is 93.7. The van der Waals surface area contributed by atoms with Gasteiger partial charge in [-0.15, -0.1) is 0 Å². The molecule has 0 aromatic rings. The van der Waals surface area contributed by atoms with Crippen LogP contribution < -0.4 is 5.32 Å². The van der Waals surface area contributed by atoms with Crippen LogP contribution in [0, 0.1) is 5.92 Å². The summed E-state index contributed by atoms with van der Waals surface area (Å²) in [5.74, 6) is 0.551. The van der Waals surface area contributed by atoms with Crippen molar-refractivity contribution in [2.45, 2.75) is 38.1 Å². The van der Waals surface area contributed by atoms with Crippen LogP contribution in [-0.4, -0.2) is 24.8 Å². The van der Waals surface area contributed by atoms with E-state index in [1.54, 1.807) is 0 Å².